The van der Waals surface area contributed by atoms with Crippen LogP contribution in [0.4, 0.5) is 5.69 Å². The molecule has 0 bridgehead atoms. The van der Waals surface area contributed by atoms with E-state index in [4.69, 9.17) is 5.73 Å². The molecule has 3 N–H and O–H groups in total. The minimum absolute atomic E-state index is 0.0472. The Morgan fingerprint density at radius 3 is 2.95 bits per heavy atom. The standard InChI is InChI=1S/C15H20BrN3O/c16-14-4-1-11(17)7-13(14)15(20)18-8-10-5-6-19(9-10)12-2-3-12/h1,4,7,10,12H,2-3,5-6,8-9,17H2,(H,18,20). The van der Waals surface area contributed by atoms with Crippen LogP contribution in [0.3, 0.4) is 0 Å². The number of hydrogen-bond acceptors (Lipinski definition) is 3. The summed E-state index contributed by atoms with van der Waals surface area (Å²) in [7, 11) is 0. The van der Waals surface area contributed by atoms with Crippen LogP contribution in [0.5, 0.6) is 0 Å². The van der Waals surface area contributed by atoms with Crippen LogP contribution in [-0.4, -0.2) is 36.5 Å². The molecule has 1 amide bonds. The first-order chi connectivity index (χ1) is 9.63. The predicted octanol–water partition coefficient (Wildman–Crippen LogP) is 2.25. The number of likely N-dealkylation sites (tertiary alicyclic amines) is 1. The molecule has 2 aliphatic rings. The van der Waals surface area contributed by atoms with E-state index in [1.165, 1.54) is 25.8 Å². The van der Waals surface area contributed by atoms with Gasteiger partial charge in [-0.05, 0) is 65.9 Å². The Hall–Kier alpha value is -1.07. The van der Waals surface area contributed by atoms with Gasteiger partial charge in [-0.2, -0.15) is 0 Å². The summed E-state index contributed by atoms with van der Waals surface area (Å²) in [5.74, 6) is 0.536. The van der Waals surface area contributed by atoms with E-state index in [2.05, 4.69) is 26.1 Å². The molecular weight excluding hydrogens is 318 g/mol. The number of rotatable bonds is 4. The van der Waals surface area contributed by atoms with Crippen molar-refractivity contribution in [2.45, 2.75) is 25.3 Å². The lowest BCUT2D eigenvalue weighted by Gasteiger charge is -2.15. The third-order valence-corrected chi connectivity index (χ3v) is 4.86. The van der Waals surface area contributed by atoms with Gasteiger partial charge in [-0.15, -0.1) is 0 Å². The molecule has 1 unspecified atom stereocenters. The van der Waals surface area contributed by atoms with Crippen molar-refractivity contribution in [3.63, 3.8) is 0 Å². The topological polar surface area (TPSA) is 58.4 Å². The summed E-state index contributed by atoms with van der Waals surface area (Å²) < 4.78 is 0.787. The van der Waals surface area contributed by atoms with Crippen LogP contribution in [0.1, 0.15) is 29.6 Å². The van der Waals surface area contributed by atoms with E-state index in [1.807, 2.05) is 6.07 Å². The number of amides is 1. The van der Waals surface area contributed by atoms with E-state index in [0.29, 0.717) is 17.2 Å². The third-order valence-electron chi connectivity index (χ3n) is 4.17. The van der Waals surface area contributed by atoms with E-state index >= 15 is 0 Å². The third kappa shape index (κ3) is 3.15. The maximum Gasteiger partial charge on any atom is 0.252 e. The SMILES string of the molecule is Nc1ccc(Br)c(C(=O)NCC2CCN(C3CC3)C2)c1. The lowest BCUT2D eigenvalue weighted by atomic mass is 10.1. The van der Waals surface area contributed by atoms with Gasteiger partial charge in [-0.25, -0.2) is 0 Å². The molecule has 5 heteroatoms. The number of benzene rings is 1. The minimum Gasteiger partial charge on any atom is -0.399 e. The fraction of sp³-hybridized carbons (Fsp3) is 0.533. The highest BCUT2D eigenvalue weighted by Crippen LogP contribution is 2.31. The Morgan fingerprint density at radius 2 is 2.20 bits per heavy atom. The zero-order valence-electron chi connectivity index (χ0n) is 11.4. The van der Waals surface area contributed by atoms with Gasteiger partial charge in [0, 0.05) is 29.3 Å². The van der Waals surface area contributed by atoms with Crippen molar-refractivity contribution < 1.29 is 4.79 Å². The highest BCUT2D eigenvalue weighted by Gasteiger charge is 2.34. The first kappa shape index (κ1) is 13.9. The average molecular weight is 338 g/mol. The maximum atomic E-state index is 12.2. The number of carbonyl (C=O) groups is 1. The molecule has 0 spiro atoms. The van der Waals surface area contributed by atoms with Crippen molar-refractivity contribution in [3.8, 4) is 0 Å². The Morgan fingerprint density at radius 1 is 1.40 bits per heavy atom. The second-order valence-electron chi connectivity index (χ2n) is 5.83. The molecule has 4 nitrogen and oxygen atoms in total. The molecule has 108 valence electrons. The monoisotopic (exact) mass is 337 g/mol. The number of nitrogens with two attached hydrogens (primary N) is 1. The molecule has 0 aromatic heterocycles. The minimum atomic E-state index is -0.0472. The molecule has 20 heavy (non-hydrogen) atoms. The quantitative estimate of drug-likeness (QED) is 0.828. The molecule has 1 aromatic rings. The number of halogens is 1. The van der Waals surface area contributed by atoms with E-state index in [1.54, 1.807) is 12.1 Å². The van der Waals surface area contributed by atoms with Gasteiger partial charge in [0.2, 0.25) is 0 Å². The van der Waals surface area contributed by atoms with E-state index in [0.717, 1.165) is 23.6 Å². The molecule has 1 aliphatic carbocycles. The Kier molecular flexibility index (Phi) is 3.98. The summed E-state index contributed by atoms with van der Waals surface area (Å²) in [5, 5.41) is 3.04. The molecule has 0 radical (unpaired) electrons. The zero-order valence-corrected chi connectivity index (χ0v) is 13.0. The van der Waals surface area contributed by atoms with Crippen LogP contribution in [0.2, 0.25) is 0 Å². The zero-order chi connectivity index (χ0) is 14.1. The molecular formula is C15H20BrN3O. The van der Waals surface area contributed by atoms with Crippen LogP contribution >= 0.6 is 15.9 Å². The summed E-state index contributed by atoms with van der Waals surface area (Å²) in [4.78, 5) is 14.8. The Balaban J connectivity index is 1.53. The smallest absolute Gasteiger partial charge is 0.252 e. The molecule has 1 saturated heterocycles. The maximum absolute atomic E-state index is 12.2. The summed E-state index contributed by atoms with van der Waals surface area (Å²) in [6.45, 7) is 3.07. The lowest BCUT2D eigenvalue weighted by molar-refractivity contribution is 0.0946. The largest absolute Gasteiger partial charge is 0.399 e. The second-order valence-corrected chi connectivity index (χ2v) is 6.68. The van der Waals surface area contributed by atoms with Gasteiger partial charge < -0.3 is 16.0 Å². The average Bonchev–Trinajstić information content (AvgIpc) is 3.18. The van der Waals surface area contributed by atoms with Crippen LogP contribution in [-0.2, 0) is 0 Å². The van der Waals surface area contributed by atoms with Gasteiger partial charge in [-0.1, -0.05) is 0 Å². The number of hydrogen-bond donors (Lipinski definition) is 2. The molecule has 1 saturated carbocycles. The first-order valence-corrected chi connectivity index (χ1v) is 8.00. The number of anilines is 1. The summed E-state index contributed by atoms with van der Waals surface area (Å²) in [5.41, 5.74) is 6.96. The van der Waals surface area contributed by atoms with Crippen molar-refractivity contribution in [1.29, 1.82) is 0 Å². The van der Waals surface area contributed by atoms with Crippen molar-refractivity contribution in [1.82, 2.24) is 10.2 Å². The lowest BCUT2D eigenvalue weighted by Crippen LogP contribution is -2.31. The second kappa shape index (κ2) is 5.74. The fourth-order valence-electron chi connectivity index (χ4n) is 2.85. The van der Waals surface area contributed by atoms with Gasteiger partial charge in [0.15, 0.2) is 0 Å². The van der Waals surface area contributed by atoms with Gasteiger partial charge in [0.05, 0.1) is 5.56 Å². The van der Waals surface area contributed by atoms with Crippen LogP contribution in [0.15, 0.2) is 22.7 Å². The normalized spacial score (nSPS) is 22.9. The number of nitrogens with zero attached hydrogens (tertiary/aromatic N) is 1. The molecule has 3 rings (SSSR count). The van der Waals surface area contributed by atoms with Crippen molar-refractivity contribution in [2.24, 2.45) is 5.92 Å². The van der Waals surface area contributed by atoms with Crippen LogP contribution in [0.25, 0.3) is 0 Å². The Bertz CT molecular complexity index is 516. The summed E-state index contributed by atoms with van der Waals surface area (Å²) >= 11 is 3.40. The number of nitrogens with one attached hydrogen (secondary N) is 1. The highest BCUT2D eigenvalue weighted by molar-refractivity contribution is 9.10. The fourth-order valence-corrected chi connectivity index (χ4v) is 3.28. The Labute approximate surface area is 127 Å². The van der Waals surface area contributed by atoms with E-state index < -0.39 is 0 Å². The molecule has 1 atom stereocenters. The van der Waals surface area contributed by atoms with Crippen molar-refractivity contribution in [3.05, 3.63) is 28.2 Å². The van der Waals surface area contributed by atoms with Crippen molar-refractivity contribution in [2.75, 3.05) is 25.4 Å². The van der Waals surface area contributed by atoms with Crippen LogP contribution < -0.4 is 11.1 Å². The number of nitrogen functional groups attached to an aromatic ring is 1. The van der Waals surface area contributed by atoms with Gasteiger partial charge in [-0.3, -0.25) is 4.79 Å². The van der Waals surface area contributed by atoms with Gasteiger partial charge in [0.1, 0.15) is 0 Å². The van der Waals surface area contributed by atoms with E-state index in [9.17, 15) is 4.79 Å². The van der Waals surface area contributed by atoms with Gasteiger partial charge in [0.25, 0.3) is 5.91 Å². The van der Waals surface area contributed by atoms with Gasteiger partial charge >= 0.3 is 0 Å². The molecule has 1 aliphatic heterocycles. The summed E-state index contributed by atoms with van der Waals surface area (Å²) in [6.07, 6.45) is 3.90. The van der Waals surface area contributed by atoms with Crippen molar-refractivity contribution >= 4 is 27.5 Å². The predicted molar refractivity (Wildman–Crippen MR) is 83.6 cm³/mol. The first-order valence-electron chi connectivity index (χ1n) is 7.21. The van der Waals surface area contributed by atoms with Crippen LogP contribution in [0, 0.1) is 5.92 Å². The van der Waals surface area contributed by atoms with E-state index in [-0.39, 0.29) is 5.91 Å². The molecule has 2 fully saturated rings. The number of carbonyl (C=O) groups excluding carboxylic acids is 1. The molecule has 1 aromatic carbocycles. The highest BCUT2D eigenvalue weighted by atomic mass is 79.9. The summed E-state index contributed by atoms with van der Waals surface area (Å²) in [6, 6.07) is 6.14. The molecule has 1 heterocycles.